The molecule has 2 aromatic carbocycles. The molecule has 2 amide bonds. The molecule has 0 aliphatic carbocycles. The van der Waals surface area contributed by atoms with Crippen molar-refractivity contribution in [2.45, 2.75) is 0 Å². The number of anilines is 2. The summed E-state index contributed by atoms with van der Waals surface area (Å²) in [4.78, 5) is 23.9. The minimum absolute atomic E-state index is 0.531. The third-order valence-corrected chi connectivity index (χ3v) is 3.26. The van der Waals surface area contributed by atoms with Crippen LogP contribution >= 0.6 is 0 Å². The van der Waals surface area contributed by atoms with Gasteiger partial charge in [-0.15, -0.1) is 0 Å². The van der Waals surface area contributed by atoms with E-state index in [1.54, 1.807) is 48.5 Å². The van der Waals surface area contributed by atoms with Gasteiger partial charge in [0.2, 0.25) is 0 Å². The Hall–Kier alpha value is -3.22. The molecule has 0 saturated carbocycles. The van der Waals surface area contributed by atoms with Gasteiger partial charge in [0.05, 0.1) is 0 Å². The van der Waals surface area contributed by atoms with Gasteiger partial charge in [0, 0.05) is 25.5 Å². The SMILES string of the molecule is CN(C(=O)O)c1ccc(Oc2ccc(N(C)C(=O)O)cc2)cc1. The van der Waals surface area contributed by atoms with Gasteiger partial charge in [0.1, 0.15) is 11.5 Å². The van der Waals surface area contributed by atoms with Crippen LogP contribution in [0, 0.1) is 0 Å². The minimum atomic E-state index is -1.04. The highest BCUT2D eigenvalue weighted by Crippen LogP contribution is 2.26. The average molecular weight is 316 g/mol. The molecule has 0 radical (unpaired) electrons. The average Bonchev–Trinajstić information content (AvgIpc) is 2.54. The van der Waals surface area contributed by atoms with Crippen LogP contribution in [0.3, 0.4) is 0 Å². The van der Waals surface area contributed by atoms with Crippen LogP contribution in [0.2, 0.25) is 0 Å². The number of carbonyl (C=O) groups is 2. The number of hydrogen-bond donors (Lipinski definition) is 2. The lowest BCUT2D eigenvalue weighted by molar-refractivity contribution is 0.202. The monoisotopic (exact) mass is 316 g/mol. The lowest BCUT2D eigenvalue weighted by Gasteiger charge is -2.15. The van der Waals surface area contributed by atoms with Crippen LogP contribution in [0.15, 0.2) is 48.5 Å². The number of carboxylic acid groups (broad SMARTS) is 2. The molecule has 0 aliphatic heterocycles. The van der Waals surface area contributed by atoms with Gasteiger partial charge in [0.25, 0.3) is 0 Å². The summed E-state index contributed by atoms with van der Waals surface area (Å²) in [6.07, 6.45) is -2.09. The Morgan fingerprint density at radius 1 is 0.739 bits per heavy atom. The number of benzene rings is 2. The number of nitrogens with zero attached hydrogens (tertiary/aromatic N) is 2. The van der Waals surface area contributed by atoms with Gasteiger partial charge >= 0.3 is 12.2 Å². The quantitative estimate of drug-likeness (QED) is 0.897. The molecule has 0 saturated heterocycles. The summed E-state index contributed by atoms with van der Waals surface area (Å²) in [6.45, 7) is 0. The second-order valence-corrected chi connectivity index (χ2v) is 4.77. The second-order valence-electron chi connectivity index (χ2n) is 4.77. The first kappa shape index (κ1) is 16.2. The van der Waals surface area contributed by atoms with Crippen molar-refractivity contribution < 1.29 is 24.5 Å². The molecule has 2 rings (SSSR count). The van der Waals surface area contributed by atoms with Crippen LogP contribution in [0.5, 0.6) is 11.5 Å². The smallest absolute Gasteiger partial charge is 0.411 e. The fraction of sp³-hybridized carbons (Fsp3) is 0.125. The zero-order valence-corrected chi connectivity index (χ0v) is 12.6. The Kier molecular flexibility index (Phi) is 4.70. The maximum absolute atomic E-state index is 10.9. The molecule has 0 bridgehead atoms. The molecule has 0 aliphatic rings. The molecule has 0 unspecified atom stereocenters. The number of ether oxygens (including phenoxy) is 1. The molecule has 0 fully saturated rings. The van der Waals surface area contributed by atoms with Gasteiger partial charge in [-0.05, 0) is 48.5 Å². The maximum atomic E-state index is 10.9. The number of rotatable bonds is 4. The topological polar surface area (TPSA) is 90.3 Å². The van der Waals surface area contributed by atoms with Crippen LogP contribution < -0.4 is 14.5 Å². The summed E-state index contributed by atoms with van der Waals surface area (Å²) in [5.74, 6) is 1.10. The molecule has 0 atom stereocenters. The Labute approximate surface area is 132 Å². The lowest BCUT2D eigenvalue weighted by atomic mass is 10.2. The first-order valence-electron chi connectivity index (χ1n) is 6.70. The van der Waals surface area contributed by atoms with E-state index in [0.29, 0.717) is 22.9 Å². The third-order valence-electron chi connectivity index (χ3n) is 3.26. The van der Waals surface area contributed by atoms with Crippen molar-refractivity contribution in [2.24, 2.45) is 0 Å². The van der Waals surface area contributed by atoms with Crippen LogP contribution in [0.4, 0.5) is 21.0 Å². The van der Waals surface area contributed by atoms with Crippen LogP contribution in [-0.4, -0.2) is 36.5 Å². The Bertz CT molecular complexity index is 636. The van der Waals surface area contributed by atoms with E-state index in [0.717, 1.165) is 9.80 Å². The zero-order chi connectivity index (χ0) is 17.0. The summed E-state index contributed by atoms with van der Waals surface area (Å²) >= 11 is 0. The Morgan fingerprint density at radius 2 is 1.04 bits per heavy atom. The first-order valence-corrected chi connectivity index (χ1v) is 6.70. The van der Waals surface area contributed by atoms with E-state index in [1.807, 2.05) is 0 Å². The number of hydrogen-bond acceptors (Lipinski definition) is 3. The lowest BCUT2D eigenvalue weighted by Crippen LogP contribution is -2.23. The van der Waals surface area contributed by atoms with Crippen molar-refractivity contribution >= 4 is 23.6 Å². The first-order chi connectivity index (χ1) is 10.9. The molecule has 7 nitrogen and oxygen atoms in total. The summed E-state index contributed by atoms with van der Waals surface area (Å²) in [5.41, 5.74) is 1.06. The summed E-state index contributed by atoms with van der Waals surface area (Å²) in [7, 11) is 2.91. The van der Waals surface area contributed by atoms with E-state index in [-0.39, 0.29) is 0 Å². The molecule has 2 N–H and O–H groups in total. The van der Waals surface area contributed by atoms with Gasteiger partial charge in [-0.3, -0.25) is 9.80 Å². The highest BCUT2D eigenvalue weighted by atomic mass is 16.5. The van der Waals surface area contributed by atoms with E-state index in [9.17, 15) is 9.59 Å². The molecule has 23 heavy (non-hydrogen) atoms. The predicted molar refractivity (Wildman–Crippen MR) is 85.8 cm³/mol. The summed E-state index contributed by atoms with van der Waals surface area (Å²) < 4.78 is 5.64. The second kappa shape index (κ2) is 6.69. The van der Waals surface area contributed by atoms with E-state index < -0.39 is 12.2 Å². The van der Waals surface area contributed by atoms with Gasteiger partial charge in [-0.2, -0.15) is 0 Å². The van der Waals surface area contributed by atoms with Crippen molar-refractivity contribution in [1.29, 1.82) is 0 Å². The fourth-order valence-electron chi connectivity index (χ4n) is 1.83. The van der Waals surface area contributed by atoms with Crippen molar-refractivity contribution in [1.82, 2.24) is 0 Å². The Balaban J connectivity index is 2.07. The van der Waals surface area contributed by atoms with Gasteiger partial charge in [0.15, 0.2) is 0 Å². The standard InChI is InChI=1S/C16H16N2O5/c1-17(15(19)20)11-3-7-13(8-4-11)23-14-9-5-12(6-10-14)18(2)16(21)22/h3-10H,1-2H3,(H,19,20)(H,21,22). The highest BCUT2D eigenvalue weighted by Gasteiger charge is 2.09. The Morgan fingerprint density at radius 3 is 1.30 bits per heavy atom. The van der Waals surface area contributed by atoms with E-state index in [1.165, 1.54) is 14.1 Å². The largest absolute Gasteiger partial charge is 0.465 e. The highest BCUT2D eigenvalue weighted by molar-refractivity contribution is 5.85. The summed E-state index contributed by atoms with van der Waals surface area (Å²) in [6, 6.07) is 13.2. The van der Waals surface area contributed by atoms with E-state index >= 15 is 0 Å². The summed E-state index contributed by atoms with van der Waals surface area (Å²) in [5, 5.41) is 17.8. The third kappa shape index (κ3) is 3.91. The molecule has 7 heteroatoms. The molecule has 2 aromatic rings. The van der Waals surface area contributed by atoms with Crippen LogP contribution in [0.25, 0.3) is 0 Å². The minimum Gasteiger partial charge on any atom is -0.465 e. The van der Waals surface area contributed by atoms with Crippen LogP contribution in [0.1, 0.15) is 0 Å². The van der Waals surface area contributed by atoms with E-state index in [2.05, 4.69) is 0 Å². The van der Waals surface area contributed by atoms with Crippen molar-refractivity contribution in [3.05, 3.63) is 48.5 Å². The normalized spacial score (nSPS) is 10.0. The fourth-order valence-corrected chi connectivity index (χ4v) is 1.83. The van der Waals surface area contributed by atoms with Crippen LogP contribution in [-0.2, 0) is 0 Å². The molecular formula is C16H16N2O5. The molecular weight excluding hydrogens is 300 g/mol. The molecule has 0 aromatic heterocycles. The predicted octanol–water partition coefficient (Wildman–Crippen LogP) is 3.71. The van der Waals surface area contributed by atoms with Crippen molar-refractivity contribution in [3.63, 3.8) is 0 Å². The van der Waals surface area contributed by atoms with Crippen molar-refractivity contribution in [3.8, 4) is 11.5 Å². The molecule has 120 valence electrons. The van der Waals surface area contributed by atoms with Gasteiger partial charge in [-0.25, -0.2) is 9.59 Å². The molecule has 0 spiro atoms. The molecule has 0 heterocycles. The number of amides is 2. The van der Waals surface area contributed by atoms with Gasteiger partial charge in [-0.1, -0.05) is 0 Å². The maximum Gasteiger partial charge on any atom is 0.411 e. The van der Waals surface area contributed by atoms with Gasteiger partial charge < -0.3 is 14.9 Å². The van der Waals surface area contributed by atoms with E-state index in [4.69, 9.17) is 14.9 Å². The van der Waals surface area contributed by atoms with Crippen molar-refractivity contribution in [2.75, 3.05) is 23.9 Å². The zero-order valence-electron chi connectivity index (χ0n) is 12.6.